The summed E-state index contributed by atoms with van der Waals surface area (Å²) in [6.07, 6.45) is 0. The maximum absolute atomic E-state index is 5.56. The van der Waals surface area contributed by atoms with Gasteiger partial charge in [-0.1, -0.05) is 218 Å². The number of para-hydroxylation sites is 4. The first-order valence-electron chi connectivity index (χ1n) is 26.3. The van der Waals surface area contributed by atoms with Crippen LogP contribution in [0.15, 0.2) is 291 Å². The standard InChI is InChI=1S/C70H48N4SSi2/c1-5-23-51(24-6-1)76(52-25-7-2-8-26-52)65-37-17-13-33-59(65)73(60-34-14-18-38-66(60)76)69-41-21-31-57(71-69)49-43-45-63-55(47-49)56-48-50(44-46-64(56)75-63)58-32-22-42-70(72-58)74-61-35-15-19-39-67(61)77(53-27-9-3-10-28-53,54-29-11-4-12-30-54)68-40-20-16-36-62(68)74/h1-48H. The molecule has 0 spiro atoms. The molecule has 7 heteroatoms. The zero-order chi connectivity index (χ0) is 50.9. The van der Waals surface area contributed by atoms with E-state index in [-0.39, 0.29) is 0 Å². The summed E-state index contributed by atoms with van der Waals surface area (Å²) >= 11 is 1.83. The van der Waals surface area contributed by atoms with Gasteiger partial charge in [0.2, 0.25) is 0 Å². The van der Waals surface area contributed by atoms with E-state index in [4.69, 9.17) is 9.97 Å². The van der Waals surface area contributed by atoms with Crippen LogP contribution in [0.3, 0.4) is 0 Å². The Hall–Kier alpha value is -9.25. The number of pyridine rings is 2. The number of hydrogen-bond donors (Lipinski definition) is 0. The molecular weight excluding hydrogens is 985 g/mol. The first kappa shape index (κ1) is 45.2. The molecule has 0 amide bonds. The van der Waals surface area contributed by atoms with Crippen LogP contribution < -0.4 is 51.3 Å². The van der Waals surface area contributed by atoms with E-state index in [0.29, 0.717) is 0 Å². The number of rotatable bonds is 8. The van der Waals surface area contributed by atoms with E-state index in [1.807, 2.05) is 11.3 Å². The second kappa shape index (κ2) is 18.3. The zero-order valence-electron chi connectivity index (χ0n) is 41.9. The molecule has 0 saturated carbocycles. The van der Waals surface area contributed by atoms with Crippen molar-refractivity contribution >= 4 is 124 Å². The van der Waals surface area contributed by atoms with Crippen LogP contribution in [-0.4, -0.2) is 26.1 Å². The molecule has 5 heterocycles. The van der Waals surface area contributed by atoms with Gasteiger partial charge < -0.3 is 0 Å². The molecule has 77 heavy (non-hydrogen) atoms. The van der Waals surface area contributed by atoms with Crippen molar-refractivity contribution in [3.05, 3.63) is 291 Å². The molecule has 0 N–H and O–H groups in total. The molecule has 2 aliphatic heterocycles. The molecule has 13 aromatic rings. The van der Waals surface area contributed by atoms with Crippen LogP contribution in [0.4, 0.5) is 34.4 Å². The summed E-state index contributed by atoms with van der Waals surface area (Å²) in [6, 6.07) is 107. The normalized spacial score (nSPS) is 13.9. The predicted molar refractivity (Wildman–Crippen MR) is 330 cm³/mol. The van der Waals surface area contributed by atoms with Crippen molar-refractivity contribution in [1.82, 2.24) is 9.97 Å². The SMILES string of the molecule is c1ccc([Si]2(c3ccccc3)c3ccccc3N(c3cccc(-c4ccc5sc6ccc(-c7cccc(N8c9ccccc9[Si](c9ccccc9)(c9ccccc9)c9ccccc98)n7)cc6c5c4)n3)c3ccccc32)cc1. The molecular formula is C70H48N4SSi2. The molecule has 10 aromatic carbocycles. The highest BCUT2D eigenvalue weighted by Gasteiger charge is 2.50. The Morgan fingerprint density at radius 1 is 0.273 bits per heavy atom. The number of benzene rings is 10. The van der Waals surface area contributed by atoms with Gasteiger partial charge in [-0.15, -0.1) is 11.3 Å². The van der Waals surface area contributed by atoms with Crippen LogP contribution in [0.25, 0.3) is 42.7 Å². The number of anilines is 6. The van der Waals surface area contributed by atoms with E-state index in [1.54, 1.807) is 0 Å². The summed E-state index contributed by atoms with van der Waals surface area (Å²) in [7, 11) is -5.50. The molecule has 3 aromatic heterocycles. The van der Waals surface area contributed by atoms with E-state index in [9.17, 15) is 0 Å². The second-order valence-electron chi connectivity index (χ2n) is 20.0. The number of aromatic nitrogens is 2. The summed E-state index contributed by atoms with van der Waals surface area (Å²) < 4.78 is 2.48. The van der Waals surface area contributed by atoms with Crippen molar-refractivity contribution < 1.29 is 0 Å². The van der Waals surface area contributed by atoms with Gasteiger partial charge >= 0.3 is 0 Å². The first-order valence-corrected chi connectivity index (χ1v) is 31.1. The first-order chi connectivity index (χ1) is 38.2. The number of thiophene rings is 1. The molecule has 0 bridgehead atoms. The molecule has 0 aliphatic carbocycles. The lowest BCUT2D eigenvalue weighted by Gasteiger charge is -2.44. The fraction of sp³-hybridized carbons (Fsp3) is 0. The Balaban J connectivity index is 0.821. The van der Waals surface area contributed by atoms with Gasteiger partial charge in [0.05, 0.1) is 11.4 Å². The molecule has 4 nitrogen and oxygen atoms in total. The third-order valence-electron chi connectivity index (χ3n) is 16.0. The second-order valence-corrected chi connectivity index (χ2v) is 28.5. The minimum absolute atomic E-state index is 0.891. The topological polar surface area (TPSA) is 32.3 Å². The fourth-order valence-electron chi connectivity index (χ4n) is 12.8. The fourth-order valence-corrected chi connectivity index (χ4v) is 24.1. The van der Waals surface area contributed by atoms with Gasteiger partial charge in [-0.05, 0) is 114 Å². The van der Waals surface area contributed by atoms with Gasteiger partial charge in [0, 0.05) is 54.0 Å². The summed E-state index contributed by atoms with van der Waals surface area (Å²) in [6.45, 7) is 0. The van der Waals surface area contributed by atoms with E-state index >= 15 is 0 Å². The average molecular weight is 1030 g/mol. The number of fused-ring (bicyclic) bond motifs is 7. The smallest absolute Gasteiger partial charge is 0.184 e. The number of hydrogen-bond acceptors (Lipinski definition) is 5. The van der Waals surface area contributed by atoms with Crippen LogP contribution in [0, 0.1) is 0 Å². The summed E-state index contributed by atoms with van der Waals surface area (Å²) in [5, 5.41) is 13.3. The van der Waals surface area contributed by atoms with Crippen molar-refractivity contribution in [2.75, 3.05) is 9.80 Å². The molecule has 0 saturated heterocycles. The van der Waals surface area contributed by atoms with Crippen LogP contribution >= 0.6 is 11.3 Å². The third kappa shape index (κ3) is 6.95. The minimum atomic E-state index is -2.75. The van der Waals surface area contributed by atoms with Gasteiger partial charge in [-0.3, -0.25) is 9.80 Å². The van der Waals surface area contributed by atoms with E-state index in [1.165, 1.54) is 84.4 Å². The third-order valence-corrected chi connectivity index (χ3v) is 26.9. The Kier molecular flexibility index (Phi) is 10.7. The highest BCUT2D eigenvalue weighted by Crippen LogP contribution is 2.42. The quantitative estimate of drug-likeness (QED) is 0.142. The lowest BCUT2D eigenvalue weighted by Crippen LogP contribution is -2.77. The molecule has 0 atom stereocenters. The van der Waals surface area contributed by atoms with Crippen molar-refractivity contribution in [1.29, 1.82) is 0 Å². The van der Waals surface area contributed by atoms with E-state index < -0.39 is 16.1 Å². The predicted octanol–water partition coefficient (Wildman–Crippen LogP) is 12.5. The summed E-state index contributed by atoms with van der Waals surface area (Å²) in [5.74, 6) is 1.78. The average Bonchev–Trinajstić information content (AvgIpc) is 3.92. The van der Waals surface area contributed by atoms with Crippen molar-refractivity contribution in [3.63, 3.8) is 0 Å². The Morgan fingerprint density at radius 2 is 0.571 bits per heavy atom. The highest BCUT2D eigenvalue weighted by atomic mass is 32.1. The molecule has 362 valence electrons. The number of nitrogens with zero attached hydrogens (tertiary/aromatic N) is 4. The zero-order valence-corrected chi connectivity index (χ0v) is 44.7. The Labute approximate surface area is 454 Å². The van der Waals surface area contributed by atoms with Crippen LogP contribution in [0.1, 0.15) is 0 Å². The maximum atomic E-state index is 5.56. The molecule has 0 fully saturated rings. The van der Waals surface area contributed by atoms with E-state index in [2.05, 4.69) is 301 Å². The monoisotopic (exact) mass is 1030 g/mol. The van der Waals surface area contributed by atoms with Gasteiger partial charge in [0.15, 0.2) is 16.1 Å². The minimum Gasteiger partial charge on any atom is -0.295 e. The molecule has 15 rings (SSSR count). The summed E-state index contributed by atoms with van der Waals surface area (Å²) in [4.78, 5) is 15.9. The highest BCUT2D eigenvalue weighted by molar-refractivity contribution is 7.26. The van der Waals surface area contributed by atoms with Crippen LogP contribution in [0.5, 0.6) is 0 Å². The van der Waals surface area contributed by atoms with Crippen molar-refractivity contribution in [3.8, 4) is 22.5 Å². The molecule has 0 unspecified atom stereocenters. The summed E-state index contributed by atoms with van der Waals surface area (Å²) in [5.41, 5.74) is 8.69. The lowest BCUT2D eigenvalue weighted by molar-refractivity contribution is 1.19. The lowest BCUT2D eigenvalue weighted by atomic mass is 10.0. The Bertz CT molecular complexity index is 3920. The van der Waals surface area contributed by atoms with Gasteiger partial charge in [0.1, 0.15) is 11.6 Å². The van der Waals surface area contributed by atoms with Crippen molar-refractivity contribution in [2.24, 2.45) is 0 Å². The van der Waals surface area contributed by atoms with Gasteiger partial charge in [0.25, 0.3) is 0 Å². The molecule has 2 aliphatic rings. The van der Waals surface area contributed by atoms with Crippen molar-refractivity contribution in [2.45, 2.75) is 0 Å². The maximum Gasteiger partial charge on any atom is 0.184 e. The van der Waals surface area contributed by atoms with E-state index in [0.717, 1.165) is 34.2 Å². The largest absolute Gasteiger partial charge is 0.295 e. The van der Waals surface area contributed by atoms with Crippen LogP contribution in [-0.2, 0) is 0 Å². The van der Waals surface area contributed by atoms with Gasteiger partial charge in [-0.2, -0.15) is 0 Å². The van der Waals surface area contributed by atoms with Gasteiger partial charge in [-0.25, -0.2) is 9.97 Å². The van der Waals surface area contributed by atoms with Crippen LogP contribution in [0.2, 0.25) is 0 Å². The Morgan fingerprint density at radius 3 is 0.896 bits per heavy atom. The molecule has 0 radical (unpaired) electrons.